The SMILES string of the molecule is CN(c1cccc2c1C(=O)N(C1CCC(=O)NC1=O)C2=O)C1CNC1.O=C(O)C(F)(F)F. The number of rotatable bonds is 3. The summed E-state index contributed by atoms with van der Waals surface area (Å²) >= 11 is 0. The number of aliphatic carboxylic acids is 1. The number of fused-ring (bicyclic) bond motifs is 1. The van der Waals surface area contributed by atoms with E-state index in [0.717, 1.165) is 18.0 Å². The van der Waals surface area contributed by atoms with E-state index in [9.17, 15) is 32.3 Å². The minimum atomic E-state index is -5.08. The smallest absolute Gasteiger partial charge is 0.475 e. The lowest BCUT2D eigenvalue weighted by Gasteiger charge is -2.37. The first kappa shape index (κ1) is 23.2. The number of carboxylic acid groups (broad SMARTS) is 1. The van der Waals surface area contributed by atoms with E-state index in [-0.39, 0.29) is 24.8 Å². The van der Waals surface area contributed by atoms with E-state index in [1.807, 2.05) is 18.0 Å². The fourth-order valence-corrected chi connectivity index (χ4v) is 3.54. The van der Waals surface area contributed by atoms with Crippen molar-refractivity contribution in [2.75, 3.05) is 25.0 Å². The maximum atomic E-state index is 13.0. The average molecular weight is 456 g/mol. The molecule has 0 saturated carbocycles. The van der Waals surface area contributed by atoms with Gasteiger partial charge < -0.3 is 15.3 Å². The zero-order valence-electron chi connectivity index (χ0n) is 16.7. The summed E-state index contributed by atoms with van der Waals surface area (Å²) in [4.78, 5) is 61.1. The van der Waals surface area contributed by atoms with E-state index < -0.39 is 35.9 Å². The molecule has 10 nitrogen and oxygen atoms in total. The minimum absolute atomic E-state index is 0.115. The number of likely N-dealkylation sites (N-methyl/N-ethyl adjacent to an activating group) is 1. The van der Waals surface area contributed by atoms with Crippen LogP contribution in [-0.2, 0) is 14.4 Å². The van der Waals surface area contributed by atoms with Crippen LogP contribution in [0.3, 0.4) is 0 Å². The van der Waals surface area contributed by atoms with Gasteiger partial charge in [0.15, 0.2) is 0 Å². The number of carboxylic acids is 1. The van der Waals surface area contributed by atoms with Gasteiger partial charge in [-0.15, -0.1) is 0 Å². The quantitative estimate of drug-likeness (QED) is 0.546. The number of hydrogen-bond donors (Lipinski definition) is 3. The standard InChI is InChI=1S/C17H18N4O4.C2HF3O2/c1-20(9-7-18-8-9)11-4-2-3-10-14(11)17(25)21(16(10)24)12-5-6-13(22)19-15(12)23;3-2(4,5)1(6)7/h2-4,9,12,18H,5-8H2,1H3,(H,19,22,23);(H,6,7). The molecule has 0 aliphatic carbocycles. The second kappa shape index (κ2) is 8.57. The lowest BCUT2D eigenvalue weighted by atomic mass is 10.0. The monoisotopic (exact) mass is 456 g/mol. The van der Waals surface area contributed by atoms with E-state index in [1.54, 1.807) is 12.1 Å². The molecule has 4 rings (SSSR count). The fourth-order valence-electron chi connectivity index (χ4n) is 3.54. The molecule has 1 aromatic carbocycles. The van der Waals surface area contributed by atoms with Gasteiger partial charge in [0.05, 0.1) is 22.9 Å². The van der Waals surface area contributed by atoms with Crippen LogP contribution < -0.4 is 15.5 Å². The molecule has 1 unspecified atom stereocenters. The van der Waals surface area contributed by atoms with Crippen LogP contribution in [0.2, 0.25) is 0 Å². The third-order valence-electron chi connectivity index (χ3n) is 5.38. The molecule has 13 heteroatoms. The van der Waals surface area contributed by atoms with Crippen LogP contribution in [-0.4, -0.2) is 78.0 Å². The summed E-state index contributed by atoms with van der Waals surface area (Å²) in [5, 5.41) is 12.5. The predicted molar refractivity (Wildman–Crippen MR) is 102 cm³/mol. The van der Waals surface area contributed by atoms with E-state index in [2.05, 4.69) is 10.6 Å². The van der Waals surface area contributed by atoms with Crippen LogP contribution in [0.5, 0.6) is 0 Å². The van der Waals surface area contributed by atoms with Gasteiger partial charge in [0, 0.05) is 26.6 Å². The number of halogens is 3. The molecule has 2 saturated heterocycles. The Morgan fingerprint density at radius 1 is 1.16 bits per heavy atom. The number of hydrogen-bond acceptors (Lipinski definition) is 7. The van der Waals surface area contributed by atoms with Gasteiger partial charge in [-0.2, -0.15) is 13.2 Å². The van der Waals surface area contributed by atoms with E-state index in [1.165, 1.54) is 0 Å². The van der Waals surface area contributed by atoms with Gasteiger partial charge in [-0.3, -0.25) is 29.4 Å². The van der Waals surface area contributed by atoms with Gasteiger partial charge >= 0.3 is 12.1 Å². The number of imide groups is 2. The summed E-state index contributed by atoms with van der Waals surface area (Å²) in [5.74, 6) is -4.67. The number of amides is 4. The number of nitrogens with one attached hydrogen (secondary N) is 2. The molecule has 32 heavy (non-hydrogen) atoms. The number of nitrogens with zero attached hydrogens (tertiary/aromatic N) is 2. The van der Waals surface area contributed by atoms with E-state index in [0.29, 0.717) is 16.8 Å². The van der Waals surface area contributed by atoms with Crippen molar-refractivity contribution in [2.45, 2.75) is 31.1 Å². The topological polar surface area (TPSA) is 136 Å². The Labute approximate surface area is 179 Å². The number of carbonyl (C=O) groups is 5. The molecule has 0 aromatic heterocycles. The zero-order valence-corrected chi connectivity index (χ0v) is 16.7. The third-order valence-corrected chi connectivity index (χ3v) is 5.38. The summed E-state index contributed by atoms with van der Waals surface area (Å²) < 4.78 is 31.7. The maximum absolute atomic E-state index is 13.0. The van der Waals surface area contributed by atoms with Gasteiger partial charge in [0.2, 0.25) is 11.8 Å². The normalized spacial score (nSPS) is 20.8. The maximum Gasteiger partial charge on any atom is 0.490 e. The van der Waals surface area contributed by atoms with Crippen molar-refractivity contribution in [1.29, 1.82) is 0 Å². The van der Waals surface area contributed by atoms with E-state index >= 15 is 0 Å². The highest BCUT2D eigenvalue weighted by atomic mass is 19.4. The van der Waals surface area contributed by atoms with Crippen LogP contribution in [0.25, 0.3) is 0 Å². The van der Waals surface area contributed by atoms with Crippen molar-refractivity contribution in [3.05, 3.63) is 29.3 Å². The molecule has 3 N–H and O–H groups in total. The molecule has 3 aliphatic rings. The average Bonchev–Trinajstić information content (AvgIpc) is 2.91. The van der Waals surface area contributed by atoms with Crippen molar-refractivity contribution < 1.29 is 42.3 Å². The lowest BCUT2D eigenvalue weighted by Crippen LogP contribution is -2.56. The van der Waals surface area contributed by atoms with Crippen molar-refractivity contribution in [2.24, 2.45) is 0 Å². The zero-order chi connectivity index (χ0) is 23.8. The molecule has 4 amide bonds. The molecule has 0 radical (unpaired) electrons. The Balaban J connectivity index is 0.000000360. The van der Waals surface area contributed by atoms with Gasteiger partial charge in [-0.25, -0.2) is 4.79 Å². The van der Waals surface area contributed by atoms with Gasteiger partial charge in [-0.05, 0) is 18.6 Å². The first-order chi connectivity index (χ1) is 14.9. The van der Waals surface area contributed by atoms with Gasteiger partial charge in [0.1, 0.15) is 6.04 Å². The van der Waals surface area contributed by atoms with Gasteiger partial charge in [0.25, 0.3) is 11.8 Å². The molecule has 1 atom stereocenters. The Kier molecular flexibility index (Phi) is 6.21. The first-order valence-corrected chi connectivity index (χ1v) is 9.51. The lowest BCUT2D eigenvalue weighted by molar-refractivity contribution is -0.192. The van der Waals surface area contributed by atoms with Crippen LogP contribution >= 0.6 is 0 Å². The van der Waals surface area contributed by atoms with Crippen molar-refractivity contribution in [1.82, 2.24) is 15.5 Å². The third kappa shape index (κ3) is 4.28. The summed E-state index contributed by atoms with van der Waals surface area (Å²) in [6, 6.07) is 4.50. The highest BCUT2D eigenvalue weighted by molar-refractivity contribution is 6.25. The first-order valence-electron chi connectivity index (χ1n) is 9.51. The molecule has 2 fully saturated rings. The Morgan fingerprint density at radius 3 is 2.28 bits per heavy atom. The number of piperidine rings is 1. The van der Waals surface area contributed by atoms with Gasteiger partial charge in [-0.1, -0.05) is 6.07 Å². The molecule has 0 bridgehead atoms. The Bertz CT molecular complexity index is 992. The molecular weight excluding hydrogens is 437 g/mol. The largest absolute Gasteiger partial charge is 0.490 e. The summed E-state index contributed by atoms with van der Waals surface area (Å²) in [7, 11) is 1.90. The summed E-state index contributed by atoms with van der Waals surface area (Å²) in [6.07, 6.45) is -4.81. The van der Waals surface area contributed by atoms with E-state index in [4.69, 9.17) is 9.90 Å². The number of anilines is 1. The van der Waals surface area contributed by atoms with Crippen molar-refractivity contribution >= 4 is 35.3 Å². The fraction of sp³-hybridized carbons (Fsp3) is 0.421. The minimum Gasteiger partial charge on any atom is -0.475 e. The molecule has 3 aliphatic heterocycles. The second-order valence-corrected chi connectivity index (χ2v) is 7.37. The Hall–Kier alpha value is -3.48. The van der Waals surface area contributed by atoms with Crippen molar-refractivity contribution in [3.63, 3.8) is 0 Å². The molecular formula is C19H19F3N4O6. The summed E-state index contributed by atoms with van der Waals surface area (Å²) in [5.41, 5.74) is 1.34. The van der Waals surface area contributed by atoms with Crippen LogP contribution in [0.4, 0.5) is 18.9 Å². The highest BCUT2D eigenvalue weighted by Crippen LogP contribution is 2.34. The number of benzene rings is 1. The van der Waals surface area contributed by atoms with Crippen LogP contribution in [0, 0.1) is 0 Å². The van der Waals surface area contributed by atoms with Crippen molar-refractivity contribution in [3.8, 4) is 0 Å². The highest BCUT2D eigenvalue weighted by Gasteiger charge is 2.46. The number of carbonyl (C=O) groups excluding carboxylic acids is 4. The Morgan fingerprint density at radius 2 is 1.78 bits per heavy atom. The predicted octanol–water partition coefficient (Wildman–Crippen LogP) is 0.129. The number of alkyl halides is 3. The summed E-state index contributed by atoms with van der Waals surface area (Å²) in [6.45, 7) is 1.64. The molecule has 3 heterocycles. The molecule has 1 aromatic rings. The molecule has 0 spiro atoms. The van der Waals surface area contributed by atoms with Crippen LogP contribution in [0.1, 0.15) is 33.6 Å². The van der Waals surface area contributed by atoms with Crippen LogP contribution in [0.15, 0.2) is 18.2 Å². The molecule has 172 valence electrons. The second-order valence-electron chi connectivity index (χ2n) is 7.37.